The van der Waals surface area contributed by atoms with Gasteiger partial charge in [0.15, 0.2) is 0 Å². The standard InChI is InChI=1S/C32H34Cl2FN3O4/c1-17-4-3-5-24(18(17)2)37-30(40)28-32-14-12-25(42-32)26(29(39)36-21-10-11-23(35)22(34)16-21)27(32)31(41)38(28)15-13-19-6-8-20(33)9-7-19/h6-12,14,16-18,24-28H,3-5,13,15H2,1-2H3,(H,36,39)(H,37,40)/t17-,18+,24+,25+,26+,27+,28+,32+/m1/s1. The summed E-state index contributed by atoms with van der Waals surface area (Å²) in [6.45, 7) is 4.64. The van der Waals surface area contributed by atoms with Crippen LogP contribution in [0.25, 0.3) is 0 Å². The van der Waals surface area contributed by atoms with E-state index in [1.54, 1.807) is 29.2 Å². The molecule has 2 aromatic rings. The third-order valence-electron chi connectivity index (χ3n) is 9.70. The van der Waals surface area contributed by atoms with Crippen molar-refractivity contribution in [3.63, 3.8) is 0 Å². The van der Waals surface area contributed by atoms with Gasteiger partial charge in [0.05, 0.1) is 23.0 Å². The van der Waals surface area contributed by atoms with E-state index < -0.39 is 41.3 Å². The number of halogens is 3. The maximum atomic E-state index is 14.2. The predicted molar refractivity (Wildman–Crippen MR) is 159 cm³/mol. The maximum Gasteiger partial charge on any atom is 0.246 e. The Morgan fingerprint density at radius 3 is 2.60 bits per heavy atom. The molecule has 2 saturated heterocycles. The van der Waals surface area contributed by atoms with Crippen LogP contribution in [-0.2, 0) is 25.5 Å². The molecule has 1 aliphatic carbocycles. The second kappa shape index (κ2) is 11.3. The van der Waals surface area contributed by atoms with Crippen LogP contribution in [0.1, 0.15) is 38.7 Å². The molecule has 3 amide bonds. The van der Waals surface area contributed by atoms with Gasteiger partial charge in [0.2, 0.25) is 17.7 Å². The third kappa shape index (κ3) is 5.01. The van der Waals surface area contributed by atoms with Gasteiger partial charge in [-0.3, -0.25) is 14.4 Å². The van der Waals surface area contributed by atoms with E-state index in [0.717, 1.165) is 24.8 Å². The number of carbonyl (C=O) groups is 3. The first-order valence-corrected chi connectivity index (χ1v) is 15.3. The molecule has 222 valence electrons. The van der Waals surface area contributed by atoms with Gasteiger partial charge >= 0.3 is 0 Å². The smallest absolute Gasteiger partial charge is 0.246 e. The first-order chi connectivity index (χ1) is 20.1. The number of ether oxygens (including phenoxy) is 1. The average Bonchev–Trinajstić information content (AvgIpc) is 3.60. The van der Waals surface area contributed by atoms with E-state index in [1.165, 1.54) is 18.2 Å². The van der Waals surface area contributed by atoms with Gasteiger partial charge in [-0.15, -0.1) is 0 Å². The minimum Gasteiger partial charge on any atom is -0.359 e. The van der Waals surface area contributed by atoms with Crippen molar-refractivity contribution in [1.29, 1.82) is 0 Å². The number of nitrogens with one attached hydrogen (secondary N) is 2. The molecule has 7 nitrogen and oxygen atoms in total. The summed E-state index contributed by atoms with van der Waals surface area (Å²) in [5, 5.41) is 6.54. The Morgan fingerprint density at radius 2 is 1.86 bits per heavy atom. The molecule has 8 atom stereocenters. The fraction of sp³-hybridized carbons (Fsp3) is 0.469. The number of likely N-dealkylation sites (tertiary alicyclic amines) is 1. The minimum atomic E-state index is -1.27. The molecule has 4 aliphatic rings. The summed E-state index contributed by atoms with van der Waals surface area (Å²) >= 11 is 12.0. The lowest BCUT2D eigenvalue weighted by Gasteiger charge is -2.38. The number of amides is 3. The van der Waals surface area contributed by atoms with Crippen molar-refractivity contribution in [2.24, 2.45) is 23.7 Å². The predicted octanol–water partition coefficient (Wildman–Crippen LogP) is 5.41. The first-order valence-electron chi connectivity index (χ1n) is 14.6. The number of carbonyl (C=O) groups excluding carboxylic acids is 3. The lowest BCUT2D eigenvalue weighted by Crippen LogP contribution is -2.58. The summed E-state index contributed by atoms with van der Waals surface area (Å²) < 4.78 is 20.1. The number of rotatable bonds is 7. The van der Waals surface area contributed by atoms with E-state index in [0.29, 0.717) is 29.0 Å². The Hall–Kier alpha value is -2.94. The Kier molecular flexibility index (Phi) is 7.83. The van der Waals surface area contributed by atoms with Crippen LogP contribution in [0, 0.1) is 29.5 Å². The van der Waals surface area contributed by atoms with Crippen LogP contribution >= 0.6 is 23.2 Å². The normalized spacial score (nSPS) is 33.1. The highest BCUT2D eigenvalue weighted by atomic mass is 35.5. The first kappa shape index (κ1) is 29.1. The number of benzene rings is 2. The summed E-state index contributed by atoms with van der Waals surface area (Å²) in [5.41, 5.74) is 0.0171. The van der Waals surface area contributed by atoms with Crippen molar-refractivity contribution in [3.05, 3.63) is 76.0 Å². The molecule has 3 heterocycles. The molecule has 1 saturated carbocycles. The monoisotopic (exact) mass is 613 g/mol. The Balaban J connectivity index is 1.30. The van der Waals surface area contributed by atoms with Gasteiger partial charge in [-0.25, -0.2) is 4.39 Å². The molecular formula is C32H34Cl2FN3O4. The number of nitrogens with zero attached hydrogens (tertiary/aromatic N) is 1. The molecule has 10 heteroatoms. The lowest BCUT2D eigenvalue weighted by atomic mass is 9.73. The van der Waals surface area contributed by atoms with Gasteiger partial charge in [0.1, 0.15) is 17.5 Å². The third-order valence-corrected chi connectivity index (χ3v) is 10.2. The molecule has 0 aromatic heterocycles. The molecule has 1 spiro atoms. The van der Waals surface area contributed by atoms with Crippen LogP contribution in [0.15, 0.2) is 54.6 Å². The lowest BCUT2D eigenvalue weighted by molar-refractivity contribution is -0.141. The van der Waals surface area contributed by atoms with Crippen molar-refractivity contribution in [3.8, 4) is 0 Å². The molecule has 2 N–H and O–H groups in total. The van der Waals surface area contributed by atoms with Gasteiger partial charge in [0.25, 0.3) is 0 Å². The quantitative estimate of drug-likeness (QED) is 0.409. The summed E-state index contributed by atoms with van der Waals surface area (Å²) in [7, 11) is 0. The zero-order valence-electron chi connectivity index (χ0n) is 23.5. The molecular weight excluding hydrogens is 580 g/mol. The van der Waals surface area contributed by atoms with Gasteiger partial charge in [-0.05, 0) is 60.6 Å². The van der Waals surface area contributed by atoms with Gasteiger partial charge < -0.3 is 20.3 Å². The van der Waals surface area contributed by atoms with Gasteiger partial charge in [0, 0.05) is 23.3 Å². The van der Waals surface area contributed by atoms with Gasteiger partial charge in [-0.1, -0.05) is 74.2 Å². The summed E-state index contributed by atoms with van der Waals surface area (Å²) in [6, 6.07) is 10.4. The number of fused-ring (bicyclic) bond motifs is 1. The molecule has 6 rings (SSSR count). The van der Waals surface area contributed by atoms with Crippen LogP contribution in [-0.4, -0.2) is 53.0 Å². The van der Waals surface area contributed by atoms with E-state index in [2.05, 4.69) is 24.5 Å². The minimum absolute atomic E-state index is 0.00480. The van der Waals surface area contributed by atoms with E-state index in [4.69, 9.17) is 27.9 Å². The summed E-state index contributed by atoms with van der Waals surface area (Å²) in [4.78, 5) is 43.6. The highest BCUT2D eigenvalue weighted by molar-refractivity contribution is 6.31. The van der Waals surface area contributed by atoms with E-state index >= 15 is 0 Å². The number of anilines is 1. The summed E-state index contributed by atoms with van der Waals surface area (Å²) in [6.07, 6.45) is 6.45. The second-order valence-electron chi connectivity index (χ2n) is 12.1. The van der Waals surface area contributed by atoms with Gasteiger partial charge in [-0.2, -0.15) is 0 Å². The molecule has 42 heavy (non-hydrogen) atoms. The zero-order chi connectivity index (χ0) is 29.8. The fourth-order valence-electron chi connectivity index (χ4n) is 7.26. The summed E-state index contributed by atoms with van der Waals surface area (Å²) in [5.74, 6) is -2.56. The van der Waals surface area contributed by atoms with Crippen LogP contribution in [0.2, 0.25) is 10.0 Å². The van der Waals surface area contributed by atoms with Crippen LogP contribution < -0.4 is 10.6 Å². The Morgan fingerprint density at radius 1 is 1.10 bits per heavy atom. The highest BCUT2D eigenvalue weighted by Crippen LogP contribution is 2.55. The van der Waals surface area contributed by atoms with Crippen LogP contribution in [0.4, 0.5) is 10.1 Å². The highest BCUT2D eigenvalue weighted by Gasteiger charge is 2.72. The van der Waals surface area contributed by atoms with E-state index in [-0.39, 0.29) is 29.4 Å². The fourth-order valence-corrected chi connectivity index (χ4v) is 7.56. The topological polar surface area (TPSA) is 87.7 Å². The van der Waals surface area contributed by atoms with Crippen molar-refractivity contribution >= 4 is 46.6 Å². The molecule has 3 fully saturated rings. The zero-order valence-corrected chi connectivity index (χ0v) is 25.0. The van der Waals surface area contributed by atoms with E-state index in [1.807, 2.05) is 12.1 Å². The molecule has 2 bridgehead atoms. The second-order valence-corrected chi connectivity index (χ2v) is 13.0. The largest absolute Gasteiger partial charge is 0.359 e. The molecule has 0 radical (unpaired) electrons. The molecule has 0 unspecified atom stereocenters. The van der Waals surface area contributed by atoms with Crippen molar-refractivity contribution < 1.29 is 23.5 Å². The van der Waals surface area contributed by atoms with Crippen molar-refractivity contribution in [2.75, 3.05) is 11.9 Å². The number of hydrogen-bond acceptors (Lipinski definition) is 4. The van der Waals surface area contributed by atoms with Crippen molar-refractivity contribution in [1.82, 2.24) is 10.2 Å². The van der Waals surface area contributed by atoms with Crippen LogP contribution in [0.3, 0.4) is 0 Å². The SMILES string of the molecule is C[C@H]1[C@H](C)CCC[C@@H]1NC(=O)[C@@H]1N(CCc2ccc(Cl)cc2)C(=O)[C@@H]2[C@@H](C(=O)Nc3ccc(F)c(Cl)c3)[C@@H]3C=C[C@]21O3. The molecule has 3 aliphatic heterocycles. The number of hydrogen-bond donors (Lipinski definition) is 2. The Bertz CT molecular complexity index is 1440. The van der Waals surface area contributed by atoms with Crippen molar-refractivity contribution in [2.45, 2.75) is 63.3 Å². The maximum absolute atomic E-state index is 14.2. The van der Waals surface area contributed by atoms with E-state index in [9.17, 15) is 18.8 Å². The van der Waals surface area contributed by atoms with Crippen LogP contribution in [0.5, 0.6) is 0 Å². The molecule has 2 aromatic carbocycles. The Labute approximate surface area is 254 Å². The average molecular weight is 615 g/mol.